The van der Waals surface area contributed by atoms with E-state index in [-0.39, 0.29) is 17.1 Å². The smallest absolute Gasteiger partial charge is 0.254 e. The van der Waals surface area contributed by atoms with Crippen LogP contribution in [-0.2, 0) is 0 Å². The van der Waals surface area contributed by atoms with Gasteiger partial charge >= 0.3 is 0 Å². The first-order valence-electron chi connectivity index (χ1n) is 6.19. The van der Waals surface area contributed by atoms with E-state index in [1.807, 2.05) is 0 Å². The van der Waals surface area contributed by atoms with Crippen molar-refractivity contribution in [3.8, 4) is 0 Å². The molecule has 1 fully saturated rings. The van der Waals surface area contributed by atoms with Gasteiger partial charge in [0.25, 0.3) is 5.91 Å². The number of carbonyl (C=O) groups excluding carboxylic acids is 1. The highest BCUT2D eigenvalue weighted by Gasteiger charge is 2.21. The van der Waals surface area contributed by atoms with Gasteiger partial charge in [-0.1, -0.05) is 30.1 Å². The molecule has 0 spiro atoms. The van der Waals surface area contributed by atoms with Crippen molar-refractivity contribution >= 4 is 29.1 Å². The van der Waals surface area contributed by atoms with Crippen molar-refractivity contribution in [2.45, 2.75) is 38.6 Å². The zero-order valence-corrected chi connectivity index (χ0v) is 11.8. The van der Waals surface area contributed by atoms with Gasteiger partial charge in [0, 0.05) is 6.04 Å². The molecule has 1 N–H and O–H groups in total. The third-order valence-electron chi connectivity index (χ3n) is 3.41. The van der Waals surface area contributed by atoms with Gasteiger partial charge in [-0.3, -0.25) is 4.79 Å². The largest absolute Gasteiger partial charge is 0.349 e. The number of halogens is 2. The van der Waals surface area contributed by atoms with Crippen molar-refractivity contribution in [2.75, 3.05) is 0 Å². The molecule has 3 nitrogen and oxygen atoms in total. The number of rotatable bonds is 2. The Balaban J connectivity index is 1.99. The Kier molecular flexibility index (Phi) is 4.46. The van der Waals surface area contributed by atoms with Crippen LogP contribution in [0.1, 0.15) is 43.0 Å². The Bertz CT molecular complexity index is 443. The molecule has 0 atom stereocenters. The first-order chi connectivity index (χ1) is 8.56. The molecule has 1 aromatic heterocycles. The van der Waals surface area contributed by atoms with Crippen molar-refractivity contribution < 1.29 is 4.79 Å². The topological polar surface area (TPSA) is 42.0 Å². The Hall–Kier alpha value is -0.800. The number of hydrogen-bond acceptors (Lipinski definition) is 2. The molecule has 0 radical (unpaired) electrons. The van der Waals surface area contributed by atoms with E-state index in [0.717, 1.165) is 31.6 Å². The lowest BCUT2D eigenvalue weighted by atomic mass is 9.87. The summed E-state index contributed by atoms with van der Waals surface area (Å²) in [5.74, 6) is 0.600. The average molecular weight is 287 g/mol. The van der Waals surface area contributed by atoms with Crippen molar-refractivity contribution in [3.63, 3.8) is 0 Å². The summed E-state index contributed by atoms with van der Waals surface area (Å²) >= 11 is 11.6. The van der Waals surface area contributed by atoms with E-state index >= 15 is 0 Å². The lowest BCUT2D eigenvalue weighted by molar-refractivity contribution is 0.0923. The van der Waals surface area contributed by atoms with Crippen LogP contribution in [0.15, 0.2) is 12.1 Å². The third-order valence-corrected chi connectivity index (χ3v) is 3.91. The summed E-state index contributed by atoms with van der Waals surface area (Å²) in [4.78, 5) is 15.9. The van der Waals surface area contributed by atoms with Crippen LogP contribution in [0.25, 0.3) is 0 Å². The van der Waals surface area contributed by atoms with Gasteiger partial charge in [0.2, 0.25) is 0 Å². The zero-order chi connectivity index (χ0) is 13.1. The molecule has 0 aromatic carbocycles. The average Bonchev–Trinajstić information content (AvgIpc) is 2.32. The number of hydrogen-bond donors (Lipinski definition) is 1. The molecular weight excluding hydrogens is 271 g/mol. The highest BCUT2D eigenvalue weighted by atomic mass is 35.5. The monoisotopic (exact) mass is 286 g/mol. The second-order valence-corrected chi connectivity index (χ2v) is 5.65. The summed E-state index contributed by atoms with van der Waals surface area (Å²) < 4.78 is 0. The highest BCUT2D eigenvalue weighted by molar-refractivity contribution is 6.34. The molecule has 1 saturated carbocycles. The van der Waals surface area contributed by atoms with Crippen LogP contribution >= 0.6 is 23.2 Å². The van der Waals surface area contributed by atoms with Crippen LogP contribution < -0.4 is 5.32 Å². The van der Waals surface area contributed by atoms with E-state index in [1.165, 1.54) is 0 Å². The third kappa shape index (κ3) is 3.36. The number of nitrogens with one attached hydrogen (secondary N) is 1. The van der Waals surface area contributed by atoms with Crippen LogP contribution in [0.4, 0.5) is 0 Å². The minimum absolute atomic E-state index is 0.157. The van der Waals surface area contributed by atoms with Crippen LogP contribution in [-0.4, -0.2) is 16.9 Å². The first-order valence-corrected chi connectivity index (χ1v) is 6.94. The van der Waals surface area contributed by atoms with Crippen molar-refractivity contribution in [1.29, 1.82) is 0 Å². The molecule has 1 aromatic rings. The number of pyridine rings is 1. The predicted octanol–water partition coefficient (Wildman–Crippen LogP) is 3.70. The number of amides is 1. The van der Waals surface area contributed by atoms with E-state index in [2.05, 4.69) is 17.2 Å². The first kappa shape index (κ1) is 13.6. The van der Waals surface area contributed by atoms with Gasteiger partial charge in [-0.25, -0.2) is 4.98 Å². The van der Waals surface area contributed by atoms with Gasteiger partial charge in [-0.15, -0.1) is 0 Å². The van der Waals surface area contributed by atoms with E-state index < -0.39 is 0 Å². The molecule has 0 saturated heterocycles. The molecule has 2 rings (SSSR count). The maximum absolute atomic E-state index is 12.0. The minimum atomic E-state index is -0.163. The summed E-state index contributed by atoms with van der Waals surface area (Å²) in [6.07, 6.45) is 4.40. The van der Waals surface area contributed by atoms with Gasteiger partial charge in [0.15, 0.2) is 0 Å². The lowest BCUT2D eigenvalue weighted by Gasteiger charge is -2.26. The Labute approximate surface area is 117 Å². The standard InChI is InChI=1S/C13H16Cl2N2O/c1-8-2-4-9(5-3-8)16-13(18)10-6-7-11(14)17-12(10)15/h6-9H,2-5H2,1H3,(H,16,18). The summed E-state index contributed by atoms with van der Waals surface area (Å²) in [6, 6.07) is 3.43. The van der Waals surface area contributed by atoms with Gasteiger partial charge in [-0.2, -0.15) is 0 Å². The SMILES string of the molecule is CC1CCC(NC(=O)c2ccc(Cl)nc2Cl)CC1. The summed E-state index contributed by atoms with van der Waals surface area (Å²) in [6.45, 7) is 2.25. The van der Waals surface area contributed by atoms with Crippen LogP contribution in [0.3, 0.4) is 0 Å². The molecule has 5 heteroatoms. The Morgan fingerprint density at radius 3 is 2.56 bits per heavy atom. The summed E-state index contributed by atoms with van der Waals surface area (Å²) in [5.41, 5.74) is 0.389. The molecule has 1 amide bonds. The fourth-order valence-electron chi connectivity index (χ4n) is 2.25. The van der Waals surface area contributed by atoms with E-state index in [4.69, 9.17) is 23.2 Å². The van der Waals surface area contributed by atoms with Gasteiger partial charge in [0.05, 0.1) is 5.56 Å². The second-order valence-electron chi connectivity index (χ2n) is 4.90. The molecule has 0 bridgehead atoms. The maximum Gasteiger partial charge on any atom is 0.254 e. The molecule has 1 aliphatic carbocycles. The lowest BCUT2D eigenvalue weighted by Crippen LogP contribution is -2.37. The number of aromatic nitrogens is 1. The van der Waals surface area contributed by atoms with Gasteiger partial charge < -0.3 is 5.32 Å². The minimum Gasteiger partial charge on any atom is -0.349 e. The van der Waals surface area contributed by atoms with E-state index in [1.54, 1.807) is 12.1 Å². The fourth-order valence-corrected chi connectivity index (χ4v) is 2.68. The molecule has 18 heavy (non-hydrogen) atoms. The quantitative estimate of drug-likeness (QED) is 0.843. The molecule has 98 valence electrons. The van der Waals surface area contributed by atoms with E-state index in [9.17, 15) is 4.79 Å². The normalized spacial score (nSPS) is 23.7. The number of carbonyl (C=O) groups is 1. The van der Waals surface area contributed by atoms with Crippen molar-refractivity contribution in [2.24, 2.45) is 5.92 Å². The van der Waals surface area contributed by atoms with Crippen molar-refractivity contribution in [1.82, 2.24) is 10.3 Å². The maximum atomic E-state index is 12.0. The zero-order valence-electron chi connectivity index (χ0n) is 10.2. The summed E-state index contributed by atoms with van der Waals surface area (Å²) in [5, 5.41) is 3.46. The molecule has 0 aliphatic heterocycles. The van der Waals surface area contributed by atoms with Gasteiger partial charge in [-0.05, 0) is 43.7 Å². The molecule has 1 aliphatic rings. The Morgan fingerprint density at radius 1 is 1.28 bits per heavy atom. The van der Waals surface area contributed by atoms with Crippen LogP contribution in [0.2, 0.25) is 10.3 Å². The second kappa shape index (κ2) is 5.89. The predicted molar refractivity (Wildman–Crippen MR) is 73.1 cm³/mol. The fraction of sp³-hybridized carbons (Fsp3) is 0.538. The number of nitrogens with zero attached hydrogens (tertiary/aromatic N) is 1. The van der Waals surface area contributed by atoms with Crippen molar-refractivity contribution in [3.05, 3.63) is 28.0 Å². The summed E-state index contributed by atoms with van der Waals surface area (Å²) in [7, 11) is 0. The van der Waals surface area contributed by atoms with Gasteiger partial charge in [0.1, 0.15) is 10.3 Å². The molecular formula is C13H16Cl2N2O. The van der Waals surface area contributed by atoms with Crippen LogP contribution in [0, 0.1) is 5.92 Å². The molecule has 0 unspecified atom stereocenters. The van der Waals surface area contributed by atoms with Crippen LogP contribution in [0.5, 0.6) is 0 Å². The molecule has 1 heterocycles. The van der Waals surface area contributed by atoms with E-state index in [0.29, 0.717) is 10.7 Å². The highest BCUT2D eigenvalue weighted by Crippen LogP contribution is 2.24. The Morgan fingerprint density at radius 2 is 1.94 bits per heavy atom.